The van der Waals surface area contributed by atoms with Crippen molar-refractivity contribution in [3.05, 3.63) is 78.1 Å². The largest absolute Gasteiger partial charge is 0.489 e. The molecule has 0 aliphatic carbocycles. The first-order valence-corrected chi connectivity index (χ1v) is 8.41. The molecule has 0 saturated heterocycles. The van der Waals surface area contributed by atoms with E-state index in [0.717, 1.165) is 17.0 Å². The normalized spacial score (nSPS) is 11.9. The van der Waals surface area contributed by atoms with Gasteiger partial charge >= 0.3 is 0 Å². The molecule has 1 unspecified atom stereocenters. The minimum absolute atomic E-state index is 0.0844. The summed E-state index contributed by atoms with van der Waals surface area (Å²) in [5.74, 6) is 0.857. The number of benzene rings is 2. The van der Waals surface area contributed by atoms with Crippen molar-refractivity contribution in [3.63, 3.8) is 0 Å². The van der Waals surface area contributed by atoms with E-state index in [4.69, 9.17) is 9.84 Å². The summed E-state index contributed by atoms with van der Waals surface area (Å²) < 4.78 is 7.54. The number of anilines is 1. The van der Waals surface area contributed by atoms with Crippen LogP contribution in [0, 0.1) is 0 Å². The molecule has 3 rings (SSSR count). The zero-order chi connectivity index (χ0) is 17.5. The van der Waals surface area contributed by atoms with Gasteiger partial charge in [-0.2, -0.15) is 5.10 Å². The molecular weight excluding hydrogens is 314 g/mol. The molecule has 3 aromatic rings. The number of hydrogen-bond acceptors (Lipinski definition) is 4. The highest BCUT2D eigenvalue weighted by atomic mass is 16.5. The first kappa shape index (κ1) is 17.0. The van der Waals surface area contributed by atoms with Gasteiger partial charge in [-0.1, -0.05) is 42.5 Å². The Morgan fingerprint density at radius 1 is 1.12 bits per heavy atom. The van der Waals surface area contributed by atoms with Gasteiger partial charge in [0.15, 0.2) is 0 Å². The van der Waals surface area contributed by atoms with Gasteiger partial charge in [-0.3, -0.25) is 4.68 Å². The minimum atomic E-state index is 0.0844. The molecule has 1 aromatic heterocycles. The lowest BCUT2D eigenvalue weighted by Crippen LogP contribution is -2.06. The predicted octanol–water partition coefficient (Wildman–Crippen LogP) is 3.63. The molecule has 0 bridgehead atoms. The van der Waals surface area contributed by atoms with Crippen LogP contribution in [0.3, 0.4) is 0 Å². The Balaban J connectivity index is 1.55. The van der Waals surface area contributed by atoms with Crippen LogP contribution in [-0.4, -0.2) is 21.5 Å². The second kappa shape index (κ2) is 8.35. The third kappa shape index (κ3) is 4.84. The van der Waals surface area contributed by atoms with Gasteiger partial charge in [-0.05, 0) is 30.2 Å². The van der Waals surface area contributed by atoms with E-state index in [1.54, 1.807) is 10.9 Å². The van der Waals surface area contributed by atoms with Crippen LogP contribution in [0.25, 0.3) is 0 Å². The van der Waals surface area contributed by atoms with Gasteiger partial charge in [0.2, 0.25) is 0 Å². The van der Waals surface area contributed by atoms with Gasteiger partial charge in [0, 0.05) is 12.2 Å². The maximum atomic E-state index is 8.94. The van der Waals surface area contributed by atoms with E-state index in [9.17, 15) is 0 Å². The zero-order valence-electron chi connectivity index (χ0n) is 14.3. The van der Waals surface area contributed by atoms with Gasteiger partial charge in [-0.15, -0.1) is 0 Å². The number of nitrogens with one attached hydrogen (secondary N) is 1. The van der Waals surface area contributed by atoms with Crippen LogP contribution in [0.5, 0.6) is 5.75 Å². The Bertz CT molecular complexity index is 769. The molecule has 5 heteroatoms. The molecule has 0 amide bonds. The predicted molar refractivity (Wildman–Crippen MR) is 98.6 cm³/mol. The lowest BCUT2D eigenvalue weighted by Gasteiger charge is -2.15. The van der Waals surface area contributed by atoms with Gasteiger partial charge in [0.1, 0.15) is 12.4 Å². The SMILES string of the molecule is CC(Nc1cnn(CCO)c1)c1ccc(OCc2ccccc2)cc1. The number of aromatic nitrogens is 2. The van der Waals surface area contributed by atoms with Crippen molar-refractivity contribution < 1.29 is 9.84 Å². The summed E-state index contributed by atoms with van der Waals surface area (Å²) in [4.78, 5) is 0. The fourth-order valence-electron chi connectivity index (χ4n) is 2.59. The van der Waals surface area contributed by atoms with Crippen LogP contribution < -0.4 is 10.1 Å². The summed E-state index contributed by atoms with van der Waals surface area (Å²) in [6.07, 6.45) is 3.66. The van der Waals surface area contributed by atoms with Crippen molar-refractivity contribution in [2.75, 3.05) is 11.9 Å². The number of rotatable bonds is 8. The van der Waals surface area contributed by atoms with Gasteiger partial charge in [-0.25, -0.2) is 0 Å². The van der Waals surface area contributed by atoms with E-state index >= 15 is 0 Å². The molecule has 1 atom stereocenters. The van der Waals surface area contributed by atoms with Crippen LogP contribution in [0.1, 0.15) is 24.1 Å². The monoisotopic (exact) mass is 337 g/mol. The van der Waals surface area contributed by atoms with Crippen LogP contribution in [0.4, 0.5) is 5.69 Å². The zero-order valence-corrected chi connectivity index (χ0v) is 14.3. The molecule has 0 aliphatic rings. The Kier molecular flexibility index (Phi) is 5.69. The minimum Gasteiger partial charge on any atom is -0.489 e. The van der Waals surface area contributed by atoms with Crippen molar-refractivity contribution in [2.45, 2.75) is 26.1 Å². The summed E-state index contributed by atoms with van der Waals surface area (Å²) in [6.45, 7) is 3.26. The standard InChI is InChI=1S/C20H23N3O2/c1-16(22-19-13-21-23(14-19)11-12-24)18-7-9-20(10-8-18)25-15-17-5-3-2-4-6-17/h2-10,13-14,16,22,24H,11-12,15H2,1H3. The molecular formula is C20H23N3O2. The Hall–Kier alpha value is -2.79. The Labute approximate surface area is 147 Å². The highest BCUT2D eigenvalue weighted by Gasteiger charge is 2.07. The maximum Gasteiger partial charge on any atom is 0.119 e. The number of aliphatic hydroxyl groups excluding tert-OH is 1. The van der Waals surface area contributed by atoms with Crippen molar-refractivity contribution in [1.82, 2.24) is 9.78 Å². The van der Waals surface area contributed by atoms with E-state index < -0.39 is 0 Å². The quantitative estimate of drug-likeness (QED) is 0.659. The van der Waals surface area contributed by atoms with Crippen molar-refractivity contribution in [2.24, 2.45) is 0 Å². The maximum absolute atomic E-state index is 8.94. The number of nitrogens with zero attached hydrogens (tertiary/aromatic N) is 2. The highest BCUT2D eigenvalue weighted by molar-refractivity contribution is 5.42. The van der Waals surface area contributed by atoms with E-state index in [2.05, 4.69) is 41.6 Å². The Morgan fingerprint density at radius 3 is 2.60 bits per heavy atom. The molecule has 0 fully saturated rings. The van der Waals surface area contributed by atoms with E-state index in [0.29, 0.717) is 13.2 Å². The highest BCUT2D eigenvalue weighted by Crippen LogP contribution is 2.22. The topological polar surface area (TPSA) is 59.3 Å². The molecule has 2 aromatic carbocycles. The second-order valence-electron chi connectivity index (χ2n) is 5.93. The van der Waals surface area contributed by atoms with E-state index in [1.807, 2.05) is 36.5 Å². The van der Waals surface area contributed by atoms with Crippen LogP contribution in [0.2, 0.25) is 0 Å². The summed E-state index contributed by atoms with van der Waals surface area (Å²) in [5, 5.41) is 16.5. The fourth-order valence-corrected chi connectivity index (χ4v) is 2.59. The first-order chi connectivity index (χ1) is 12.2. The smallest absolute Gasteiger partial charge is 0.119 e. The molecule has 25 heavy (non-hydrogen) atoms. The number of hydrogen-bond donors (Lipinski definition) is 2. The summed E-state index contributed by atoms with van der Waals surface area (Å²) in [5.41, 5.74) is 3.26. The van der Waals surface area contributed by atoms with Crippen molar-refractivity contribution >= 4 is 5.69 Å². The van der Waals surface area contributed by atoms with E-state index in [-0.39, 0.29) is 12.6 Å². The lowest BCUT2D eigenvalue weighted by atomic mass is 10.1. The van der Waals surface area contributed by atoms with E-state index in [1.165, 1.54) is 5.56 Å². The molecule has 0 aliphatic heterocycles. The molecule has 1 heterocycles. The van der Waals surface area contributed by atoms with Crippen LogP contribution >= 0.6 is 0 Å². The third-order valence-electron chi connectivity index (χ3n) is 3.97. The molecule has 0 radical (unpaired) electrons. The first-order valence-electron chi connectivity index (χ1n) is 8.41. The molecule has 5 nitrogen and oxygen atoms in total. The van der Waals surface area contributed by atoms with Crippen molar-refractivity contribution in [1.29, 1.82) is 0 Å². The van der Waals surface area contributed by atoms with Gasteiger partial charge in [0.25, 0.3) is 0 Å². The average molecular weight is 337 g/mol. The number of aliphatic hydroxyl groups is 1. The number of ether oxygens (including phenoxy) is 1. The van der Waals surface area contributed by atoms with Gasteiger partial charge in [0.05, 0.1) is 25.0 Å². The Morgan fingerprint density at radius 2 is 1.88 bits per heavy atom. The molecule has 130 valence electrons. The van der Waals surface area contributed by atoms with Crippen molar-refractivity contribution in [3.8, 4) is 5.75 Å². The lowest BCUT2D eigenvalue weighted by molar-refractivity contribution is 0.269. The van der Waals surface area contributed by atoms with Crippen LogP contribution in [0.15, 0.2) is 67.0 Å². The molecule has 2 N–H and O–H groups in total. The summed E-state index contributed by atoms with van der Waals surface area (Å²) in [6, 6.07) is 18.4. The van der Waals surface area contributed by atoms with Crippen LogP contribution in [-0.2, 0) is 13.2 Å². The van der Waals surface area contributed by atoms with Gasteiger partial charge < -0.3 is 15.2 Å². The summed E-state index contributed by atoms with van der Waals surface area (Å²) >= 11 is 0. The molecule has 0 saturated carbocycles. The average Bonchev–Trinajstić information content (AvgIpc) is 3.08. The second-order valence-corrected chi connectivity index (χ2v) is 5.93. The fraction of sp³-hybridized carbons (Fsp3) is 0.250. The molecule has 0 spiro atoms. The summed E-state index contributed by atoms with van der Waals surface area (Å²) in [7, 11) is 0. The third-order valence-corrected chi connectivity index (χ3v) is 3.97.